The van der Waals surface area contributed by atoms with Crippen molar-refractivity contribution in [1.29, 1.82) is 0 Å². The Labute approximate surface area is 117 Å². The summed E-state index contributed by atoms with van der Waals surface area (Å²) in [6, 6.07) is 19.3. The Balaban J connectivity index is 1.77. The molecule has 1 heterocycles. The third kappa shape index (κ3) is 2.67. The minimum absolute atomic E-state index is 0.0633. The van der Waals surface area contributed by atoms with E-state index >= 15 is 0 Å². The van der Waals surface area contributed by atoms with E-state index in [1.807, 2.05) is 66.9 Å². The maximum absolute atomic E-state index is 12.1. The van der Waals surface area contributed by atoms with Gasteiger partial charge in [0, 0.05) is 17.3 Å². The van der Waals surface area contributed by atoms with Crippen LogP contribution in [0.1, 0.15) is 10.4 Å². The normalized spacial score (nSPS) is 10.4. The number of nitrogens with zero attached hydrogens (tertiary/aromatic N) is 2. The fourth-order valence-electron chi connectivity index (χ4n) is 2.09. The van der Waals surface area contributed by atoms with Gasteiger partial charge in [-0.25, -0.2) is 0 Å². The van der Waals surface area contributed by atoms with E-state index < -0.39 is 0 Å². The summed E-state index contributed by atoms with van der Waals surface area (Å²) in [5, 5.41) is 4.25. The summed E-state index contributed by atoms with van der Waals surface area (Å²) in [5.74, 6) is 0.0633. The van der Waals surface area contributed by atoms with Gasteiger partial charge in [-0.1, -0.05) is 60.7 Å². The molecule has 0 aliphatic rings. The Morgan fingerprint density at radius 2 is 1.55 bits per heavy atom. The molecular weight excluding hydrogens is 248 g/mol. The second kappa shape index (κ2) is 5.53. The molecule has 0 spiro atoms. The third-order valence-electron chi connectivity index (χ3n) is 3.14. The van der Waals surface area contributed by atoms with E-state index in [1.54, 1.807) is 10.9 Å². The van der Waals surface area contributed by atoms with E-state index in [9.17, 15) is 4.79 Å². The van der Waals surface area contributed by atoms with Crippen LogP contribution >= 0.6 is 0 Å². The molecule has 0 saturated carbocycles. The van der Waals surface area contributed by atoms with Gasteiger partial charge in [-0.05, 0) is 5.56 Å². The van der Waals surface area contributed by atoms with Gasteiger partial charge >= 0.3 is 0 Å². The van der Waals surface area contributed by atoms with Gasteiger partial charge in [0.15, 0.2) is 5.78 Å². The summed E-state index contributed by atoms with van der Waals surface area (Å²) >= 11 is 0. The average molecular weight is 262 g/mol. The first-order chi connectivity index (χ1) is 9.83. The Hall–Kier alpha value is -2.68. The molecule has 0 radical (unpaired) electrons. The highest BCUT2D eigenvalue weighted by atomic mass is 16.1. The number of ketones is 1. The van der Waals surface area contributed by atoms with Crippen molar-refractivity contribution in [3.05, 3.63) is 78.6 Å². The fraction of sp³-hybridized carbons (Fsp3) is 0.0588. The summed E-state index contributed by atoms with van der Waals surface area (Å²) < 4.78 is 1.68. The van der Waals surface area contributed by atoms with Crippen molar-refractivity contribution in [3.63, 3.8) is 0 Å². The number of carbonyl (C=O) groups is 1. The Bertz CT molecular complexity index is 702. The van der Waals surface area contributed by atoms with Gasteiger partial charge in [0.1, 0.15) is 6.54 Å². The van der Waals surface area contributed by atoms with Gasteiger partial charge in [0.05, 0.1) is 6.20 Å². The molecule has 0 amide bonds. The lowest BCUT2D eigenvalue weighted by atomic mass is 10.1. The van der Waals surface area contributed by atoms with Gasteiger partial charge in [0.25, 0.3) is 0 Å². The Kier molecular flexibility index (Phi) is 3.42. The zero-order valence-electron chi connectivity index (χ0n) is 10.9. The van der Waals surface area contributed by atoms with E-state index in [0.29, 0.717) is 5.56 Å². The van der Waals surface area contributed by atoms with E-state index in [4.69, 9.17) is 0 Å². The van der Waals surface area contributed by atoms with Crippen molar-refractivity contribution in [2.45, 2.75) is 6.54 Å². The van der Waals surface area contributed by atoms with Crippen molar-refractivity contribution < 1.29 is 4.79 Å². The lowest BCUT2D eigenvalue weighted by molar-refractivity contribution is 0.0968. The van der Waals surface area contributed by atoms with Crippen LogP contribution < -0.4 is 0 Å². The number of hydrogen-bond donors (Lipinski definition) is 0. The van der Waals surface area contributed by atoms with Crippen LogP contribution in [0.25, 0.3) is 11.1 Å². The summed E-state index contributed by atoms with van der Waals surface area (Å²) in [6.45, 7) is 0.261. The molecule has 0 atom stereocenters. The highest BCUT2D eigenvalue weighted by molar-refractivity contribution is 5.95. The lowest BCUT2D eigenvalue weighted by Gasteiger charge is -2.01. The first-order valence-electron chi connectivity index (χ1n) is 6.49. The second-order valence-electron chi connectivity index (χ2n) is 4.58. The molecule has 1 aromatic heterocycles. The minimum atomic E-state index is 0.0633. The van der Waals surface area contributed by atoms with Gasteiger partial charge in [-0.3, -0.25) is 9.48 Å². The van der Waals surface area contributed by atoms with Gasteiger partial charge in [-0.2, -0.15) is 5.10 Å². The third-order valence-corrected chi connectivity index (χ3v) is 3.14. The van der Waals surface area contributed by atoms with Crippen LogP contribution in [0.2, 0.25) is 0 Å². The molecule has 98 valence electrons. The number of rotatable bonds is 4. The first-order valence-corrected chi connectivity index (χ1v) is 6.49. The molecule has 20 heavy (non-hydrogen) atoms. The molecule has 2 aromatic carbocycles. The molecule has 3 nitrogen and oxygen atoms in total. The van der Waals surface area contributed by atoms with Crippen molar-refractivity contribution >= 4 is 5.78 Å². The number of carbonyl (C=O) groups excluding carboxylic acids is 1. The number of aromatic nitrogens is 2. The zero-order chi connectivity index (χ0) is 13.8. The van der Waals surface area contributed by atoms with E-state index in [-0.39, 0.29) is 12.3 Å². The van der Waals surface area contributed by atoms with E-state index in [2.05, 4.69) is 5.10 Å². The molecule has 0 unspecified atom stereocenters. The van der Waals surface area contributed by atoms with Crippen molar-refractivity contribution in [3.8, 4) is 11.1 Å². The lowest BCUT2D eigenvalue weighted by Crippen LogP contribution is -2.10. The first kappa shape index (κ1) is 12.4. The highest BCUT2D eigenvalue weighted by Gasteiger charge is 2.07. The van der Waals surface area contributed by atoms with Crippen molar-refractivity contribution in [2.24, 2.45) is 0 Å². The van der Waals surface area contributed by atoms with Crippen LogP contribution in [-0.4, -0.2) is 15.6 Å². The van der Waals surface area contributed by atoms with Gasteiger partial charge < -0.3 is 0 Å². The van der Waals surface area contributed by atoms with Crippen LogP contribution in [0.5, 0.6) is 0 Å². The van der Waals surface area contributed by atoms with Crippen LogP contribution in [0.4, 0.5) is 0 Å². The fourth-order valence-corrected chi connectivity index (χ4v) is 2.09. The minimum Gasteiger partial charge on any atom is -0.292 e. The Morgan fingerprint density at radius 3 is 2.25 bits per heavy atom. The molecule has 0 bridgehead atoms. The molecule has 0 aliphatic heterocycles. The summed E-state index contributed by atoms with van der Waals surface area (Å²) in [4.78, 5) is 12.1. The van der Waals surface area contributed by atoms with E-state index in [1.165, 1.54) is 0 Å². The maximum Gasteiger partial charge on any atom is 0.184 e. The molecule has 0 aliphatic carbocycles. The quantitative estimate of drug-likeness (QED) is 0.675. The standard InChI is InChI=1S/C17H14N2O/c20-17(15-9-5-2-6-10-15)13-19-12-16(11-18-19)14-7-3-1-4-8-14/h1-12H,13H2. The second-order valence-corrected chi connectivity index (χ2v) is 4.58. The molecular formula is C17H14N2O. The van der Waals surface area contributed by atoms with Gasteiger partial charge in [0.2, 0.25) is 0 Å². The number of hydrogen-bond acceptors (Lipinski definition) is 2. The van der Waals surface area contributed by atoms with E-state index in [0.717, 1.165) is 11.1 Å². The van der Waals surface area contributed by atoms with Crippen LogP contribution in [0.15, 0.2) is 73.1 Å². The molecule has 3 heteroatoms. The topological polar surface area (TPSA) is 34.9 Å². The maximum atomic E-state index is 12.1. The summed E-state index contributed by atoms with van der Waals surface area (Å²) in [5.41, 5.74) is 2.83. The predicted octanol–water partition coefficient (Wildman–Crippen LogP) is 3.43. The number of Topliss-reactive ketones (excluding diaryl/α,β-unsaturated/α-hetero) is 1. The monoisotopic (exact) mass is 262 g/mol. The van der Waals surface area contributed by atoms with Crippen molar-refractivity contribution in [1.82, 2.24) is 9.78 Å². The zero-order valence-corrected chi connectivity index (χ0v) is 10.9. The highest BCUT2D eigenvalue weighted by Crippen LogP contribution is 2.17. The average Bonchev–Trinajstić information content (AvgIpc) is 2.97. The Morgan fingerprint density at radius 1 is 0.900 bits per heavy atom. The van der Waals surface area contributed by atoms with Gasteiger partial charge in [-0.15, -0.1) is 0 Å². The molecule has 3 rings (SSSR count). The van der Waals surface area contributed by atoms with Crippen LogP contribution in [-0.2, 0) is 6.54 Å². The molecule has 0 saturated heterocycles. The SMILES string of the molecule is O=C(Cn1cc(-c2ccccc2)cn1)c1ccccc1. The smallest absolute Gasteiger partial charge is 0.184 e. The molecule has 3 aromatic rings. The largest absolute Gasteiger partial charge is 0.292 e. The summed E-state index contributed by atoms with van der Waals surface area (Å²) in [7, 11) is 0. The molecule has 0 fully saturated rings. The summed E-state index contributed by atoms with van der Waals surface area (Å²) in [6.07, 6.45) is 3.68. The van der Waals surface area contributed by atoms with Crippen LogP contribution in [0, 0.1) is 0 Å². The van der Waals surface area contributed by atoms with Crippen LogP contribution in [0.3, 0.4) is 0 Å². The number of benzene rings is 2. The molecule has 0 N–H and O–H groups in total. The predicted molar refractivity (Wildman–Crippen MR) is 78.4 cm³/mol. The van der Waals surface area contributed by atoms with Crippen molar-refractivity contribution in [2.75, 3.05) is 0 Å².